The zero-order valence-electron chi connectivity index (χ0n) is 14.6. The fourth-order valence-electron chi connectivity index (χ4n) is 2.92. The normalized spacial score (nSPS) is 10.8. The van der Waals surface area contributed by atoms with Crippen molar-refractivity contribution in [3.8, 4) is 0 Å². The van der Waals surface area contributed by atoms with E-state index in [0.29, 0.717) is 19.6 Å². The van der Waals surface area contributed by atoms with Crippen molar-refractivity contribution in [2.24, 2.45) is 5.73 Å². The van der Waals surface area contributed by atoms with Crippen molar-refractivity contribution in [2.45, 2.75) is 6.42 Å². The number of carbonyl (C=O) groups is 1. The van der Waals surface area contributed by atoms with E-state index >= 15 is 0 Å². The summed E-state index contributed by atoms with van der Waals surface area (Å²) in [4.78, 5) is 17.6. The van der Waals surface area contributed by atoms with Crippen LogP contribution in [0.25, 0.3) is 17.0 Å². The molecule has 0 unspecified atom stereocenters. The standard InChI is InChI=1S/C21H23N3O.ClH/c22-13-15-24(21(25)11-10-17-6-2-1-3-7-17)14-12-18-16-23-20-9-5-4-8-19(18)20;/h1-11,16,23H,12-15,22H2;1H/b11-10+;. The minimum atomic E-state index is -0.00542. The Labute approximate surface area is 160 Å². The number of H-pyrrole nitrogens is 1. The van der Waals surface area contributed by atoms with Crippen LogP contribution in [0, 0.1) is 0 Å². The lowest BCUT2D eigenvalue weighted by atomic mass is 10.1. The summed E-state index contributed by atoms with van der Waals surface area (Å²) >= 11 is 0. The number of nitrogens with two attached hydrogens (primary N) is 1. The molecule has 4 nitrogen and oxygen atoms in total. The Balaban J connectivity index is 0.00000243. The molecule has 0 saturated heterocycles. The monoisotopic (exact) mass is 369 g/mol. The summed E-state index contributed by atoms with van der Waals surface area (Å²) in [6.07, 6.45) is 6.29. The number of nitrogens with zero attached hydrogens (tertiary/aromatic N) is 1. The predicted molar refractivity (Wildman–Crippen MR) is 110 cm³/mol. The number of aromatic nitrogens is 1. The summed E-state index contributed by atoms with van der Waals surface area (Å²) in [6.45, 7) is 1.66. The van der Waals surface area contributed by atoms with Crippen molar-refractivity contribution in [1.82, 2.24) is 9.88 Å². The van der Waals surface area contributed by atoms with Gasteiger partial charge in [0.05, 0.1) is 0 Å². The first-order chi connectivity index (χ1) is 12.3. The number of aromatic amines is 1. The van der Waals surface area contributed by atoms with Gasteiger partial charge in [-0.1, -0.05) is 48.5 Å². The van der Waals surface area contributed by atoms with Crippen LogP contribution >= 0.6 is 12.4 Å². The van der Waals surface area contributed by atoms with Crippen LogP contribution in [-0.4, -0.2) is 35.4 Å². The number of nitrogens with one attached hydrogen (secondary N) is 1. The summed E-state index contributed by atoms with van der Waals surface area (Å²) in [7, 11) is 0. The highest BCUT2D eigenvalue weighted by atomic mass is 35.5. The maximum atomic E-state index is 12.5. The maximum absolute atomic E-state index is 12.5. The van der Waals surface area contributed by atoms with Crippen molar-refractivity contribution in [3.05, 3.63) is 78.0 Å². The zero-order valence-corrected chi connectivity index (χ0v) is 15.4. The summed E-state index contributed by atoms with van der Waals surface area (Å²) in [5, 5.41) is 1.21. The summed E-state index contributed by atoms with van der Waals surface area (Å²) < 4.78 is 0. The lowest BCUT2D eigenvalue weighted by Gasteiger charge is -2.20. The van der Waals surface area contributed by atoms with Gasteiger partial charge in [0.1, 0.15) is 0 Å². The fraction of sp³-hybridized carbons (Fsp3) is 0.190. The molecule has 0 saturated carbocycles. The van der Waals surface area contributed by atoms with Crippen LogP contribution in [0.2, 0.25) is 0 Å². The van der Waals surface area contributed by atoms with E-state index in [9.17, 15) is 4.79 Å². The molecule has 3 aromatic rings. The lowest BCUT2D eigenvalue weighted by molar-refractivity contribution is -0.125. The Bertz CT molecular complexity index is 858. The SMILES string of the molecule is Cl.NCCN(CCc1c[nH]c2ccccc12)C(=O)/C=C/c1ccccc1. The molecule has 0 aliphatic carbocycles. The molecule has 0 bridgehead atoms. The number of rotatable bonds is 7. The molecule has 1 heterocycles. The van der Waals surface area contributed by atoms with Gasteiger partial charge in [0.25, 0.3) is 0 Å². The molecule has 0 radical (unpaired) electrons. The van der Waals surface area contributed by atoms with E-state index in [1.807, 2.05) is 54.7 Å². The molecule has 3 N–H and O–H groups in total. The van der Waals surface area contributed by atoms with Gasteiger partial charge < -0.3 is 15.6 Å². The van der Waals surface area contributed by atoms with E-state index in [-0.39, 0.29) is 18.3 Å². The summed E-state index contributed by atoms with van der Waals surface area (Å²) in [5.74, 6) is -0.00542. The number of fused-ring (bicyclic) bond motifs is 1. The number of hydrogen-bond donors (Lipinski definition) is 2. The van der Waals surface area contributed by atoms with E-state index in [1.54, 1.807) is 11.0 Å². The maximum Gasteiger partial charge on any atom is 0.246 e. The highest BCUT2D eigenvalue weighted by Crippen LogP contribution is 2.18. The van der Waals surface area contributed by atoms with Crippen LogP contribution in [0.15, 0.2) is 66.9 Å². The first-order valence-corrected chi connectivity index (χ1v) is 8.55. The predicted octanol–water partition coefficient (Wildman–Crippen LogP) is 3.63. The lowest BCUT2D eigenvalue weighted by Crippen LogP contribution is -2.35. The summed E-state index contributed by atoms with van der Waals surface area (Å²) in [6, 6.07) is 18.0. The van der Waals surface area contributed by atoms with Crippen molar-refractivity contribution < 1.29 is 4.79 Å². The molecule has 0 atom stereocenters. The van der Waals surface area contributed by atoms with Gasteiger partial charge in [-0.15, -0.1) is 12.4 Å². The van der Waals surface area contributed by atoms with Crippen LogP contribution in [0.5, 0.6) is 0 Å². The Morgan fingerprint density at radius 3 is 2.54 bits per heavy atom. The number of amides is 1. The molecular formula is C21H24ClN3O. The molecule has 0 spiro atoms. The quantitative estimate of drug-likeness (QED) is 0.624. The van der Waals surface area contributed by atoms with Gasteiger partial charge in [0, 0.05) is 42.8 Å². The second kappa shape index (κ2) is 9.80. The van der Waals surface area contributed by atoms with Crippen LogP contribution in [-0.2, 0) is 11.2 Å². The van der Waals surface area contributed by atoms with Crippen molar-refractivity contribution >= 4 is 35.3 Å². The smallest absolute Gasteiger partial charge is 0.246 e. The largest absolute Gasteiger partial charge is 0.361 e. The topological polar surface area (TPSA) is 62.1 Å². The number of para-hydroxylation sites is 1. The van der Waals surface area contributed by atoms with E-state index in [1.165, 1.54) is 10.9 Å². The molecule has 1 aromatic heterocycles. The number of carbonyl (C=O) groups excluding carboxylic acids is 1. The minimum Gasteiger partial charge on any atom is -0.361 e. The fourth-order valence-corrected chi connectivity index (χ4v) is 2.92. The third-order valence-electron chi connectivity index (χ3n) is 4.25. The van der Waals surface area contributed by atoms with Gasteiger partial charge >= 0.3 is 0 Å². The van der Waals surface area contributed by atoms with Crippen LogP contribution in [0.3, 0.4) is 0 Å². The van der Waals surface area contributed by atoms with E-state index in [4.69, 9.17) is 5.73 Å². The molecule has 2 aromatic carbocycles. The highest BCUT2D eigenvalue weighted by molar-refractivity contribution is 5.92. The van der Waals surface area contributed by atoms with Gasteiger partial charge in [-0.3, -0.25) is 4.79 Å². The Kier molecular flexibility index (Phi) is 7.45. The number of benzene rings is 2. The molecular weight excluding hydrogens is 346 g/mol. The van der Waals surface area contributed by atoms with Gasteiger partial charge in [-0.05, 0) is 29.7 Å². The third-order valence-corrected chi connectivity index (χ3v) is 4.25. The van der Waals surface area contributed by atoms with E-state index < -0.39 is 0 Å². The minimum absolute atomic E-state index is 0. The summed E-state index contributed by atoms with van der Waals surface area (Å²) in [5.41, 5.74) is 9.05. The van der Waals surface area contributed by atoms with Crippen LogP contribution in [0.1, 0.15) is 11.1 Å². The first kappa shape index (κ1) is 19.8. The second-order valence-corrected chi connectivity index (χ2v) is 5.97. The van der Waals surface area contributed by atoms with Crippen LogP contribution in [0.4, 0.5) is 0 Å². The molecule has 136 valence electrons. The highest BCUT2D eigenvalue weighted by Gasteiger charge is 2.11. The third kappa shape index (κ3) is 4.97. The van der Waals surface area contributed by atoms with Crippen molar-refractivity contribution in [2.75, 3.05) is 19.6 Å². The van der Waals surface area contributed by atoms with Crippen molar-refractivity contribution in [3.63, 3.8) is 0 Å². The number of halogens is 1. The average molecular weight is 370 g/mol. The average Bonchev–Trinajstić information content (AvgIpc) is 3.07. The van der Waals surface area contributed by atoms with Crippen LogP contribution < -0.4 is 5.73 Å². The zero-order chi connectivity index (χ0) is 17.5. The molecule has 3 rings (SSSR count). The Hall–Kier alpha value is -2.56. The Morgan fingerprint density at radius 2 is 1.77 bits per heavy atom. The van der Waals surface area contributed by atoms with Gasteiger partial charge in [-0.2, -0.15) is 0 Å². The second-order valence-electron chi connectivity index (χ2n) is 5.97. The Morgan fingerprint density at radius 1 is 1.04 bits per heavy atom. The molecule has 0 aliphatic heterocycles. The molecule has 26 heavy (non-hydrogen) atoms. The van der Waals surface area contributed by atoms with Gasteiger partial charge in [0.15, 0.2) is 0 Å². The first-order valence-electron chi connectivity index (χ1n) is 8.55. The molecule has 0 aliphatic rings. The van der Waals surface area contributed by atoms with E-state index in [0.717, 1.165) is 17.5 Å². The molecule has 1 amide bonds. The number of hydrogen-bond acceptors (Lipinski definition) is 2. The van der Waals surface area contributed by atoms with Gasteiger partial charge in [0.2, 0.25) is 5.91 Å². The van der Waals surface area contributed by atoms with Crippen molar-refractivity contribution in [1.29, 1.82) is 0 Å². The van der Waals surface area contributed by atoms with E-state index in [2.05, 4.69) is 17.1 Å². The molecule has 0 fully saturated rings. The van der Waals surface area contributed by atoms with Gasteiger partial charge in [-0.25, -0.2) is 0 Å². The molecule has 5 heteroatoms.